The van der Waals surface area contributed by atoms with Crippen LogP contribution in [0.4, 0.5) is 15.8 Å². The van der Waals surface area contributed by atoms with E-state index >= 15 is 0 Å². The van der Waals surface area contributed by atoms with Gasteiger partial charge in [0.25, 0.3) is 0 Å². The monoisotopic (exact) mass is 463 g/mol. The van der Waals surface area contributed by atoms with Gasteiger partial charge in [0.15, 0.2) is 5.17 Å². The number of benzene rings is 3. The van der Waals surface area contributed by atoms with E-state index in [-0.39, 0.29) is 24.1 Å². The maximum Gasteiger partial charge on any atom is 0.242 e. The molecule has 0 aromatic heterocycles. The van der Waals surface area contributed by atoms with Gasteiger partial charge < -0.3 is 10.1 Å². The Kier molecular flexibility index (Phi) is 7.04. The number of para-hydroxylation sites is 2. The van der Waals surface area contributed by atoms with Crippen LogP contribution in [0.3, 0.4) is 0 Å². The molecule has 1 heterocycles. The average Bonchev–Trinajstić information content (AvgIpc) is 3.10. The summed E-state index contributed by atoms with van der Waals surface area (Å²) >= 11 is 1.23. The number of rotatable bonds is 7. The maximum atomic E-state index is 13.3. The van der Waals surface area contributed by atoms with Gasteiger partial charge in [-0.2, -0.15) is 0 Å². The number of amidine groups is 1. The van der Waals surface area contributed by atoms with Crippen LogP contribution in [0.5, 0.6) is 5.75 Å². The highest BCUT2D eigenvalue weighted by Crippen LogP contribution is 2.33. The molecule has 3 aromatic carbocycles. The van der Waals surface area contributed by atoms with Crippen molar-refractivity contribution in [3.05, 3.63) is 90.2 Å². The molecule has 1 aliphatic heterocycles. The average molecular weight is 464 g/mol. The van der Waals surface area contributed by atoms with Crippen LogP contribution in [0.2, 0.25) is 0 Å². The van der Waals surface area contributed by atoms with Crippen LogP contribution in [0, 0.1) is 5.82 Å². The minimum Gasteiger partial charge on any atom is -0.495 e. The summed E-state index contributed by atoms with van der Waals surface area (Å²) in [5, 5.41) is 2.67. The van der Waals surface area contributed by atoms with Crippen LogP contribution in [0.15, 0.2) is 83.9 Å². The SMILES string of the molecule is COc1ccccc1NC(=O)CC1SC(=Nc2ccc(F)cc2)N(Cc2ccccc2)C1=O. The molecule has 0 aliphatic carbocycles. The highest BCUT2D eigenvalue weighted by Gasteiger charge is 2.39. The number of thioether (sulfide) groups is 1. The number of aliphatic imine (C=N–C) groups is 1. The second kappa shape index (κ2) is 10.3. The first-order chi connectivity index (χ1) is 16.0. The minimum absolute atomic E-state index is 0.0186. The summed E-state index contributed by atoms with van der Waals surface area (Å²) in [6, 6.07) is 22.4. The number of amides is 2. The summed E-state index contributed by atoms with van der Waals surface area (Å²) in [4.78, 5) is 32.1. The summed E-state index contributed by atoms with van der Waals surface area (Å²) in [6.45, 7) is 0.331. The van der Waals surface area contributed by atoms with E-state index in [1.807, 2.05) is 36.4 Å². The van der Waals surface area contributed by atoms with Crippen molar-refractivity contribution in [3.8, 4) is 5.75 Å². The Hall–Kier alpha value is -3.65. The molecule has 0 radical (unpaired) electrons. The van der Waals surface area contributed by atoms with Crippen molar-refractivity contribution >= 4 is 40.1 Å². The smallest absolute Gasteiger partial charge is 0.242 e. The highest BCUT2D eigenvalue weighted by atomic mass is 32.2. The molecular formula is C25H22FN3O3S. The van der Waals surface area contributed by atoms with Crippen LogP contribution < -0.4 is 10.1 Å². The fourth-order valence-electron chi connectivity index (χ4n) is 3.38. The minimum atomic E-state index is -0.623. The van der Waals surface area contributed by atoms with E-state index in [4.69, 9.17) is 4.74 Å². The number of nitrogens with zero attached hydrogens (tertiary/aromatic N) is 2. The molecule has 0 bridgehead atoms. The van der Waals surface area contributed by atoms with Crippen molar-refractivity contribution in [3.63, 3.8) is 0 Å². The number of ether oxygens (including phenoxy) is 1. The van der Waals surface area contributed by atoms with Gasteiger partial charge in [-0.25, -0.2) is 9.38 Å². The largest absolute Gasteiger partial charge is 0.495 e. The first kappa shape index (κ1) is 22.5. The summed E-state index contributed by atoms with van der Waals surface area (Å²) in [5.41, 5.74) is 2.02. The molecule has 6 nitrogen and oxygen atoms in total. The number of anilines is 1. The van der Waals surface area contributed by atoms with Crippen molar-refractivity contribution in [1.29, 1.82) is 0 Å². The summed E-state index contributed by atoms with van der Waals surface area (Å²) in [7, 11) is 1.53. The maximum absolute atomic E-state index is 13.3. The van der Waals surface area contributed by atoms with Gasteiger partial charge in [0, 0.05) is 6.42 Å². The summed E-state index contributed by atoms with van der Waals surface area (Å²) in [6.07, 6.45) is -0.0186. The molecule has 0 spiro atoms. The zero-order valence-electron chi connectivity index (χ0n) is 17.9. The van der Waals surface area contributed by atoms with E-state index in [9.17, 15) is 14.0 Å². The summed E-state index contributed by atoms with van der Waals surface area (Å²) in [5.74, 6) is -0.311. The lowest BCUT2D eigenvalue weighted by molar-refractivity contribution is -0.128. The van der Waals surface area contributed by atoms with Gasteiger partial charge in [-0.05, 0) is 42.0 Å². The second-order valence-electron chi connectivity index (χ2n) is 7.34. The zero-order chi connectivity index (χ0) is 23.2. The molecule has 1 aliphatic rings. The van der Waals surface area contributed by atoms with E-state index < -0.39 is 5.25 Å². The Morgan fingerprint density at radius 1 is 1.06 bits per heavy atom. The normalized spacial score (nSPS) is 16.8. The molecule has 1 saturated heterocycles. The van der Waals surface area contributed by atoms with Gasteiger partial charge in [-0.15, -0.1) is 0 Å². The lowest BCUT2D eigenvalue weighted by atomic mass is 10.2. The van der Waals surface area contributed by atoms with Crippen LogP contribution in [-0.4, -0.2) is 34.2 Å². The molecule has 33 heavy (non-hydrogen) atoms. The molecule has 168 valence electrons. The number of carbonyl (C=O) groups is 2. The van der Waals surface area contributed by atoms with E-state index in [2.05, 4.69) is 10.3 Å². The van der Waals surface area contributed by atoms with Crippen LogP contribution in [0.25, 0.3) is 0 Å². The van der Waals surface area contributed by atoms with E-state index in [1.54, 1.807) is 35.2 Å². The standard InChI is InChI=1S/C25H22FN3O3S/c1-32-21-10-6-5-9-20(21)28-23(30)15-22-24(31)29(16-17-7-3-2-4-8-17)25(33-22)27-19-13-11-18(26)12-14-19/h2-14,22H,15-16H2,1H3,(H,28,30). The third-order valence-corrected chi connectivity index (χ3v) is 6.18. The second-order valence-corrected chi connectivity index (χ2v) is 8.51. The van der Waals surface area contributed by atoms with Crippen molar-refractivity contribution in [1.82, 2.24) is 4.90 Å². The molecule has 1 atom stereocenters. The molecule has 1 N–H and O–H groups in total. The van der Waals surface area contributed by atoms with Gasteiger partial charge in [0.2, 0.25) is 11.8 Å². The van der Waals surface area contributed by atoms with Gasteiger partial charge >= 0.3 is 0 Å². The van der Waals surface area contributed by atoms with E-state index in [0.717, 1.165) is 5.56 Å². The van der Waals surface area contributed by atoms with Crippen LogP contribution in [0.1, 0.15) is 12.0 Å². The molecular weight excluding hydrogens is 441 g/mol. The molecule has 1 fully saturated rings. The van der Waals surface area contributed by atoms with Crippen molar-refractivity contribution in [2.45, 2.75) is 18.2 Å². The van der Waals surface area contributed by atoms with E-state index in [0.29, 0.717) is 28.8 Å². The molecule has 4 rings (SSSR count). The Morgan fingerprint density at radius 2 is 1.76 bits per heavy atom. The predicted octanol–water partition coefficient (Wildman–Crippen LogP) is 4.99. The van der Waals surface area contributed by atoms with Gasteiger partial charge in [-0.1, -0.05) is 54.2 Å². The Bertz CT molecular complexity index is 1170. The molecule has 2 amide bonds. The van der Waals surface area contributed by atoms with Crippen molar-refractivity contribution < 1.29 is 18.7 Å². The summed E-state index contributed by atoms with van der Waals surface area (Å²) < 4.78 is 18.6. The number of nitrogens with one attached hydrogen (secondary N) is 1. The number of halogens is 1. The lowest BCUT2D eigenvalue weighted by Crippen LogP contribution is -2.33. The Balaban J connectivity index is 1.54. The first-order valence-electron chi connectivity index (χ1n) is 10.3. The predicted molar refractivity (Wildman–Crippen MR) is 128 cm³/mol. The Morgan fingerprint density at radius 3 is 2.48 bits per heavy atom. The lowest BCUT2D eigenvalue weighted by Gasteiger charge is -2.16. The molecule has 1 unspecified atom stereocenters. The number of hydrogen-bond donors (Lipinski definition) is 1. The Labute approximate surface area is 195 Å². The van der Waals surface area contributed by atoms with Crippen LogP contribution in [-0.2, 0) is 16.1 Å². The molecule has 0 saturated carbocycles. The van der Waals surface area contributed by atoms with Crippen LogP contribution >= 0.6 is 11.8 Å². The highest BCUT2D eigenvalue weighted by molar-refractivity contribution is 8.15. The third kappa shape index (κ3) is 5.59. The van der Waals surface area contributed by atoms with Gasteiger partial charge in [0.1, 0.15) is 16.8 Å². The fraction of sp³-hybridized carbons (Fsp3) is 0.160. The van der Waals surface area contributed by atoms with Crippen molar-refractivity contribution in [2.75, 3.05) is 12.4 Å². The topological polar surface area (TPSA) is 71.0 Å². The zero-order valence-corrected chi connectivity index (χ0v) is 18.7. The molecule has 3 aromatic rings. The molecule has 8 heteroatoms. The van der Waals surface area contributed by atoms with Crippen molar-refractivity contribution in [2.24, 2.45) is 4.99 Å². The van der Waals surface area contributed by atoms with E-state index in [1.165, 1.54) is 31.0 Å². The number of carbonyl (C=O) groups excluding carboxylic acids is 2. The third-order valence-electron chi connectivity index (χ3n) is 5.01. The number of hydrogen-bond acceptors (Lipinski definition) is 5. The van der Waals surface area contributed by atoms with Gasteiger partial charge in [0.05, 0.1) is 25.0 Å². The number of methoxy groups -OCH3 is 1. The first-order valence-corrected chi connectivity index (χ1v) is 11.2. The fourth-order valence-corrected chi connectivity index (χ4v) is 4.54. The van der Waals surface area contributed by atoms with Gasteiger partial charge in [-0.3, -0.25) is 14.5 Å². The quantitative estimate of drug-likeness (QED) is 0.536.